The molecule has 1 aromatic carbocycles. The Balaban J connectivity index is 2.34. The highest BCUT2D eigenvalue weighted by Gasteiger charge is 2.18. The monoisotopic (exact) mass is 323 g/mol. The highest BCUT2D eigenvalue weighted by molar-refractivity contribution is 6.42. The summed E-state index contributed by atoms with van der Waals surface area (Å²) in [5.74, 6) is -0.761. The summed E-state index contributed by atoms with van der Waals surface area (Å²) >= 11 is 12.2. The van der Waals surface area contributed by atoms with Gasteiger partial charge in [0.15, 0.2) is 0 Å². The topological polar surface area (TPSA) is 71.1 Å². The fraction of sp³-hybridized carbons (Fsp3) is 0.0714. The van der Waals surface area contributed by atoms with E-state index in [4.69, 9.17) is 23.2 Å². The third kappa shape index (κ3) is 3.71. The van der Waals surface area contributed by atoms with Crippen molar-refractivity contribution in [3.8, 4) is 0 Å². The molecule has 2 amide bonds. The number of halogens is 2. The van der Waals surface area contributed by atoms with Gasteiger partial charge in [-0.05, 0) is 24.3 Å². The second-order valence-electron chi connectivity index (χ2n) is 4.16. The van der Waals surface area contributed by atoms with E-state index in [1.165, 1.54) is 19.1 Å². The second-order valence-corrected chi connectivity index (χ2v) is 4.94. The first kappa shape index (κ1) is 15.3. The van der Waals surface area contributed by atoms with Crippen LogP contribution in [0.2, 0.25) is 10.0 Å². The smallest absolute Gasteiger partial charge is 0.258 e. The average Bonchev–Trinajstić information content (AvgIpc) is 2.43. The molecule has 0 aliphatic rings. The lowest BCUT2D eigenvalue weighted by Crippen LogP contribution is -2.15. The van der Waals surface area contributed by atoms with E-state index in [0.717, 1.165) is 0 Å². The number of nitrogens with one attached hydrogen (secondary N) is 2. The zero-order chi connectivity index (χ0) is 15.4. The summed E-state index contributed by atoms with van der Waals surface area (Å²) in [5.41, 5.74) is 0.988. The van der Waals surface area contributed by atoms with Crippen molar-refractivity contribution in [1.29, 1.82) is 0 Å². The molecule has 0 spiro atoms. The number of amides is 2. The minimum atomic E-state index is -0.469. The molecule has 21 heavy (non-hydrogen) atoms. The molecule has 0 radical (unpaired) electrons. The van der Waals surface area contributed by atoms with Gasteiger partial charge in [0.2, 0.25) is 5.91 Å². The van der Waals surface area contributed by atoms with Gasteiger partial charge < -0.3 is 10.6 Å². The van der Waals surface area contributed by atoms with Crippen molar-refractivity contribution in [3.63, 3.8) is 0 Å². The Morgan fingerprint density at radius 2 is 1.71 bits per heavy atom. The standard InChI is InChI=1S/C14H11Cl2N3O2/c1-8(20)18-11-3-2-10(15)12(13(11)16)14(21)19-9-4-6-17-7-5-9/h2-7H,1H3,(H,18,20)(H,17,19,21). The molecular formula is C14H11Cl2N3O2. The van der Waals surface area contributed by atoms with Crippen LogP contribution >= 0.6 is 23.2 Å². The average molecular weight is 324 g/mol. The van der Waals surface area contributed by atoms with E-state index in [1.54, 1.807) is 24.5 Å². The van der Waals surface area contributed by atoms with Gasteiger partial charge in [0.25, 0.3) is 5.91 Å². The maximum absolute atomic E-state index is 12.3. The second kappa shape index (κ2) is 6.56. The van der Waals surface area contributed by atoms with Crippen molar-refractivity contribution in [1.82, 2.24) is 4.98 Å². The van der Waals surface area contributed by atoms with Gasteiger partial charge in [-0.3, -0.25) is 14.6 Å². The van der Waals surface area contributed by atoms with Gasteiger partial charge in [0.1, 0.15) is 0 Å². The van der Waals surface area contributed by atoms with Crippen molar-refractivity contribution in [3.05, 3.63) is 52.3 Å². The van der Waals surface area contributed by atoms with Crippen LogP contribution in [0.4, 0.5) is 11.4 Å². The molecule has 5 nitrogen and oxygen atoms in total. The first-order chi connectivity index (χ1) is 9.99. The van der Waals surface area contributed by atoms with Crippen molar-refractivity contribution in [2.75, 3.05) is 10.6 Å². The summed E-state index contributed by atoms with van der Waals surface area (Å²) in [6.45, 7) is 1.35. The van der Waals surface area contributed by atoms with Gasteiger partial charge in [-0.15, -0.1) is 0 Å². The van der Waals surface area contributed by atoms with Crippen LogP contribution in [0.5, 0.6) is 0 Å². The fourth-order valence-corrected chi connectivity index (χ4v) is 2.27. The molecule has 0 saturated carbocycles. The molecule has 0 saturated heterocycles. The molecular weight excluding hydrogens is 313 g/mol. The van der Waals surface area contributed by atoms with Crippen LogP contribution < -0.4 is 10.6 Å². The van der Waals surface area contributed by atoms with Crippen molar-refractivity contribution in [2.24, 2.45) is 0 Å². The highest BCUT2D eigenvalue weighted by Crippen LogP contribution is 2.32. The van der Waals surface area contributed by atoms with E-state index in [-0.39, 0.29) is 21.5 Å². The molecule has 1 heterocycles. The summed E-state index contributed by atoms with van der Waals surface area (Å²) in [4.78, 5) is 27.2. The highest BCUT2D eigenvalue weighted by atomic mass is 35.5. The van der Waals surface area contributed by atoms with E-state index in [9.17, 15) is 9.59 Å². The van der Waals surface area contributed by atoms with Crippen LogP contribution in [0.25, 0.3) is 0 Å². The van der Waals surface area contributed by atoms with Crippen LogP contribution in [0, 0.1) is 0 Å². The Bertz CT molecular complexity index is 690. The third-order valence-corrected chi connectivity index (χ3v) is 3.27. The molecule has 108 valence electrons. The number of hydrogen-bond acceptors (Lipinski definition) is 3. The molecule has 0 bridgehead atoms. The molecule has 2 rings (SSSR count). The van der Waals surface area contributed by atoms with E-state index in [2.05, 4.69) is 15.6 Å². The van der Waals surface area contributed by atoms with Crippen LogP contribution in [-0.2, 0) is 4.79 Å². The van der Waals surface area contributed by atoms with Gasteiger partial charge in [-0.2, -0.15) is 0 Å². The number of rotatable bonds is 3. The number of carbonyl (C=O) groups excluding carboxylic acids is 2. The zero-order valence-corrected chi connectivity index (χ0v) is 12.5. The number of carbonyl (C=O) groups is 2. The molecule has 0 fully saturated rings. The van der Waals surface area contributed by atoms with E-state index in [1.807, 2.05) is 0 Å². The minimum absolute atomic E-state index is 0.0873. The van der Waals surface area contributed by atoms with Gasteiger partial charge in [-0.1, -0.05) is 23.2 Å². The van der Waals surface area contributed by atoms with Gasteiger partial charge in [0.05, 0.1) is 21.3 Å². The van der Waals surface area contributed by atoms with E-state index >= 15 is 0 Å². The van der Waals surface area contributed by atoms with Crippen LogP contribution in [0.1, 0.15) is 17.3 Å². The number of nitrogens with zero attached hydrogens (tertiary/aromatic N) is 1. The summed E-state index contributed by atoms with van der Waals surface area (Å²) in [6.07, 6.45) is 3.10. The summed E-state index contributed by atoms with van der Waals surface area (Å²) in [7, 11) is 0. The number of pyridine rings is 1. The molecule has 0 atom stereocenters. The molecule has 0 aliphatic carbocycles. The molecule has 2 aromatic rings. The van der Waals surface area contributed by atoms with Crippen molar-refractivity contribution in [2.45, 2.75) is 6.92 Å². The molecule has 0 aliphatic heterocycles. The quantitative estimate of drug-likeness (QED) is 0.906. The van der Waals surface area contributed by atoms with Gasteiger partial charge in [0, 0.05) is 25.0 Å². The maximum Gasteiger partial charge on any atom is 0.258 e. The van der Waals surface area contributed by atoms with E-state index in [0.29, 0.717) is 11.4 Å². The lowest BCUT2D eigenvalue weighted by molar-refractivity contribution is -0.114. The summed E-state index contributed by atoms with van der Waals surface area (Å²) in [6, 6.07) is 6.31. The van der Waals surface area contributed by atoms with Crippen LogP contribution in [0.3, 0.4) is 0 Å². The Morgan fingerprint density at radius 1 is 1.05 bits per heavy atom. The molecule has 7 heteroatoms. The number of benzene rings is 1. The molecule has 0 unspecified atom stereocenters. The van der Waals surface area contributed by atoms with Gasteiger partial charge in [-0.25, -0.2) is 0 Å². The van der Waals surface area contributed by atoms with Crippen molar-refractivity contribution >= 4 is 46.4 Å². The predicted octanol–water partition coefficient (Wildman–Crippen LogP) is 3.60. The molecule has 1 aromatic heterocycles. The Kier molecular flexibility index (Phi) is 4.77. The maximum atomic E-state index is 12.3. The predicted molar refractivity (Wildman–Crippen MR) is 83.0 cm³/mol. The molecule has 2 N–H and O–H groups in total. The SMILES string of the molecule is CC(=O)Nc1ccc(Cl)c(C(=O)Nc2ccncc2)c1Cl. The summed E-state index contributed by atoms with van der Waals surface area (Å²) in [5, 5.41) is 5.48. The number of anilines is 2. The van der Waals surface area contributed by atoms with Crippen molar-refractivity contribution < 1.29 is 9.59 Å². The lowest BCUT2D eigenvalue weighted by atomic mass is 10.1. The Hall–Kier alpha value is -2.11. The zero-order valence-electron chi connectivity index (χ0n) is 11.0. The number of aromatic nitrogens is 1. The van der Waals surface area contributed by atoms with Crippen LogP contribution in [-0.4, -0.2) is 16.8 Å². The lowest BCUT2D eigenvalue weighted by Gasteiger charge is -2.12. The largest absolute Gasteiger partial charge is 0.325 e. The van der Waals surface area contributed by atoms with Gasteiger partial charge >= 0.3 is 0 Å². The Labute approximate surface area is 131 Å². The Morgan fingerprint density at radius 3 is 2.33 bits per heavy atom. The third-order valence-electron chi connectivity index (χ3n) is 2.57. The first-order valence-electron chi connectivity index (χ1n) is 5.96. The first-order valence-corrected chi connectivity index (χ1v) is 6.71. The van der Waals surface area contributed by atoms with E-state index < -0.39 is 5.91 Å². The normalized spacial score (nSPS) is 10.0. The van der Waals surface area contributed by atoms with Crippen LogP contribution in [0.15, 0.2) is 36.7 Å². The number of hydrogen-bond donors (Lipinski definition) is 2. The summed E-state index contributed by atoms with van der Waals surface area (Å²) < 4.78 is 0. The fourth-order valence-electron chi connectivity index (χ4n) is 1.68. The minimum Gasteiger partial charge on any atom is -0.325 e.